The summed E-state index contributed by atoms with van der Waals surface area (Å²) < 4.78 is 7.94. The number of hydrogen-bond donors (Lipinski definition) is 2. The van der Waals surface area contributed by atoms with E-state index in [1.54, 1.807) is 7.05 Å². The van der Waals surface area contributed by atoms with Crippen LogP contribution in [0.1, 0.15) is 16.4 Å². The van der Waals surface area contributed by atoms with Crippen molar-refractivity contribution >= 4 is 16.9 Å². The summed E-state index contributed by atoms with van der Waals surface area (Å²) in [5.41, 5.74) is 5.83. The van der Waals surface area contributed by atoms with Gasteiger partial charge >= 0.3 is 0 Å². The van der Waals surface area contributed by atoms with Gasteiger partial charge in [-0.05, 0) is 0 Å². The first-order valence-electron chi connectivity index (χ1n) is 6.90. The fraction of sp³-hybridized carbons (Fsp3) is 0.308. The number of nitrogens with zero attached hydrogens (tertiary/aromatic N) is 5. The molecule has 120 valence electrons. The number of carbonyl (C=O) groups is 1. The minimum atomic E-state index is -0.392. The zero-order chi connectivity index (χ0) is 16.4. The molecule has 0 spiro atoms. The largest absolute Gasteiger partial charge is 0.447 e. The average molecular weight is 317 g/mol. The summed E-state index contributed by atoms with van der Waals surface area (Å²) in [4.78, 5) is 32.2. The molecule has 0 aliphatic rings. The maximum absolute atomic E-state index is 12.2. The van der Waals surface area contributed by atoms with E-state index in [0.717, 1.165) is 0 Å². The van der Waals surface area contributed by atoms with E-state index in [1.807, 2.05) is 0 Å². The molecule has 3 aromatic heterocycles. The Morgan fingerprint density at radius 3 is 3.04 bits per heavy atom. The van der Waals surface area contributed by atoms with Crippen molar-refractivity contribution in [3.05, 3.63) is 40.7 Å². The van der Waals surface area contributed by atoms with Gasteiger partial charge in [0, 0.05) is 20.1 Å². The fourth-order valence-electron chi connectivity index (χ4n) is 2.12. The number of carbonyl (C=O) groups excluding carboxylic acids is 1. The van der Waals surface area contributed by atoms with E-state index in [4.69, 9.17) is 10.2 Å². The molecule has 0 fully saturated rings. The predicted octanol–water partition coefficient (Wildman–Crippen LogP) is -0.993. The van der Waals surface area contributed by atoms with Gasteiger partial charge in [-0.2, -0.15) is 5.10 Å². The normalized spacial score (nSPS) is 11.0. The molecule has 3 N–H and O–H groups in total. The van der Waals surface area contributed by atoms with Crippen molar-refractivity contribution in [2.75, 3.05) is 6.54 Å². The summed E-state index contributed by atoms with van der Waals surface area (Å²) in [5.74, 6) is -0.102. The zero-order valence-corrected chi connectivity index (χ0v) is 12.4. The van der Waals surface area contributed by atoms with Crippen LogP contribution in [0.4, 0.5) is 0 Å². The summed E-state index contributed by atoms with van der Waals surface area (Å²) in [6.07, 6.45) is 4.15. The van der Waals surface area contributed by atoms with Crippen molar-refractivity contribution in [1.82, 2.24) is 29.6 Å². The number of aryl methyl sites for hydroxylation is 1. The quantitative estimate of drug-likeness (QED) is 0.616. The van der Waals surface area contributed by atoms with Gasteiger partial charge in [-0.3, -0.25) is 18.8 Å². The van der Waals surface area contributed by atoms with Gasteiger partial charge in [-0.25, -0.2) is 9.97 Å². The van der Waals surface area contributed by atoms with Gasteiger partial charge in [-0.15, -0.1) is 0 Å². The SMILES string of the molecule is Cn1ncc2c(=O)n(CCNC(=O)c3coc(CN)n3)cnc21. The lowest BCUT2D eigenvalue weighted by Gasteiger charge is -2.06. The van der Waals surface area contributed by atoms with E-state index in [0.29, 0.717) is 11.0 Å². The van der Waals surface area contributed by atoms with Crippen LogP contribution in [-0.4, -0.2) is 36.8 Å². The first-order chi connectivity index (χ1) is 11.1. The lowest BCUT2D eigenvalue weighted by Crippen LogP contribution is -2.31. The van der Waals surface area contributed by atoms with E-state index in [1.165, 1.54) is 28.0 Å². The second kappa shape index (κ2) is 6.01. The number of hydrogen-bond acceptors (Lipinski definition) is 7. The third-order valence-electron chi connectivity index (χ3n) is 3.32. The second-order valence-electron chi connectivity index (χ2n) is 4.84. The second-order valence-corrected chi connectivity index (χ2v) is 4.84. The van der Waals surface area contributed by atoms with Crippen LogP contribution < -0.4 is 16.6 Å². The molecule has 0 saturated carbocycles. The number of amides is 1. The standard InChI is InChI=1S/C13H15N7O3/c1-19-11-8(5-17-19)13(22)20(7-16-11)3-2-15-12(21)9-6-23-10(4-14)18-9/h5-7H,2-4,14H2,1H3,(H,15,21). The van der Waals surface area contributed by atoms with E-state index in [9.17, 15) is 9.59 Å². The predicted molar refractivity (Wildman–Crippen MR) is 79.5 cm³/mol. The maximum atomic E-state index is 12.2. The fourth-order valence-corrected chi connectivity index (χ4v) is 2.12. The Labute approximate surface area is 129 Å². The lowest BCUT2D eigenvalue weighted by atomic mass is 10.4. The van der Waals surface area contributed by atoms with Crippen molar-refractivity contribution in [2.24, 2.45) is 12.8 Å². The van der Waals surface area contributed by atoms with Crippen molar-refractivity contribution in [3.8, 4) is 0 Å². The zero-order valence-electron chi connectivity index (χ0n) is 12.4. The van der Waals surface area contributed by atoms with Crippen LogP contribution in [0.3, 0.4) is 0 Å². The monoisotopic (exact) mass is 317 g/mol. The molecular formula is C13H15N7O3. The summed E-state index contributed by atoms with van der Waals surface area (Å²) in [7, 11) is 1.72. The molecule has 0 radical (unpaired) electrons. The molecule has 0 aromatic carbocycles. The third kappa shape index (κ3) is 2.83. The van der Waals surface area contributed by atoms with Crippen LogP contribution in [0, 0.1) is 0 Å². The smallest absolute Gasteiger partial charge is 0.273 e. The van der Waals surface area contributed by atoms with Crippen molar-refractivity contribution in [3.63, 3.8) is 0 Å². The number of rotatable bonds is 5. The summed E-state index contributed by atoms with van der Waals surface area (Å²) in [6.45, 7) is 0.653. The van der Waals surface area contributed by atoms with Gasteiger partial charge in [0.25, 0.3) is 11.5 Å². The van der Waals surface area contributed by atoms with Gasteiger partial charge in [0.15, 0.2) is 11.3 Å². The highest BCUT2D eigenvalue weighted by Gasteiger charge is 2.12. The highest BCUT2D eigenvalue weighted by atomic mass is 16.3. The molecule has 0 unspecified atom stereocenters. The number of fused-ring (bicyclic) bond motifs is 1. The van der Waals surface area contributed by atoms with Crippen LogP contribution in [0.15, 0.2) is 28.0 Å². The van der Waals surface area contributed by atoms with Gasteiger partial charge < -0.3 is 15.5 Å². The van der Waals surface area contributed by atoms with E-state index in [2.05, 4.69) is 20.4 Å². The van der Waals surface area contributed by atoms with Crippen molar-refractivity contribution in [1.29, 1.82) is 0 Å². The number of nitrogens with one attached hydrogen (secondary N) is 1. The Morgan fingerprint density at radius 2 is 2.30 bits per heavy atom. The van der Waals surface area contributed by atoms with Gasteiger partial charge in [0.2, 0.25) is 5.89 Å². The Kier molecular flexibility index (Phi) is 3.89. The molecule has 3 heterocycles. The Balaban J connectivity index is 1.65. The van der Waals surface area contributed by atoms with Gasteiger partial charge in [-0.1, -0.05) is 0 Å². The number of nitrogens with two attached hydrogens (primary N) is 1. The van der Waals surface area contributed by atoms with Gasteiger partial charge in [0.1, 0.15) is 18.0 Å². The van der Waals surface area contributed by atoms with Crippen molar-refractivity contribution < 1.29 is 9.21 Å². The molecule has 10 heteroatoms. The summed E-state index contributed by atoms with van der Waals surface area (Å²) in [5, 5.41) is 7.09. The number of oxazole rings is 1. The van der Waals surface area contributed by atoms with Crippen LogP contribution in [0.5, 0.6) is 0 Å². The number of aromatic nitrogens is 5. The van der Waals surface area contributed by atoms with Crippen LogP contribution >= 0.6 is 0 Å². The molecule has 0 saturated heterocycles. The van der Waals surface area contributed by atoms with E-state index in [-0.39, 0.29) is 36.8 Å². The van der Waals surface area contributed by atoms with E-state index >= 15 is 0 Å². The topological polar surface area (TPSA) is 134 Å². The van der Waals surface area contributed by atoms with Crippen LogP contribution in [-0.2, 0) is 20.1 Å². The molecule has 10 nitrogen and oxygen atoms in total. The highest BCUT2D eigenvalue weighted by molar-refractivity contribution is 5.91. The summed E-state index contributed by atoms with van der Waals surface area (Å²) >= 11 is 0. The van der Waals surface area contributed by atoms with Crippen LogP contribution in [0.25, 0.3) is 11.0 Å². The molecule has 3 aromatic rings. The third-order valence-corrected chi connectivity index (χ3v) is 3.32. The summed E-state index contributed by atoms with van der Waals surface area (Å²) in [6, 6.07) is 0. The maximum Gasteiger partial charge on any atom is 0.273 e. The Bertz CT molecular complexity index is 908. The Hall–Kier alpha value is -3.01. The highest BCUT2D eigenvalue weighted by Crippen LogP contribution is 2.03. The molecular weight excluding hydrogens is 302 g/mol. The molecule has 0 aliphatic heterocycles. The molecule has 3 rings (SSSR count). The Morgan fingerprint density at radius 1 is 1.48 bits per heavy atom. The van der Waals surface area contributed by atoms with Crippen LogP contribution in [0.2, 0.25) is 0 Å². The van der Waals surface area contributed by atoms with Gasteiger partial charge in [0.05, 0.1) is 12.7 Å². The molecule has 23 heavy (non-hydrogen) atoms. The lowest BCUT2D eigenvalue weighted by molar-refractivity contribution is 0.0947. The first kappa shape index (κ1) is 14.9. The molecule has 0 atom stereocenters. The molecule has 0 aliphatic carbocycles. The average Bonchev–Trinajstić information content (AvgIpc) is 3.17. The first-order valence-corrected chi connectivity index (χ1v) is 6.90. The minimum absolute atomic E-state index is 0.124. The molecule has 1 amide bonds. The molecule has 0 bridgehead atoms. The minimum Gasteiger partial charge on any atom is -0.447 e. The van der Waals surface area contributed by atoms with Crippen molar-refractivity contribution in [2.45, 2.75) is 13.1 Å². The van der Waals surface area contributed by atoms with E-state index < -0.39 is 5.91 Å².